The van der Waals surface area contributed by atoms with Crippen molar-refractivity contribution >= 4 is 45.7 Å². The zero-order valence-electron chi connectivity index (χ0n) is 17.7. The molecule has 0 radical (unpaired) electrons. The minimum Gasteiger partial charge on any atom is -0.458 e. The number of ether oxygens (including phenoxy) is 2. The molecule has 0 spiro atoms. The van der Waals surface area contributed by atoms with Crippen molar-refractivity contribution in [2.24, 2.45) is 0 Å². The zero-order valence-corrected chi connectivity index (χ0v) is 17.7. The molecule has 1 amide bonds. The molecule has 0 saturated heterocycles. The number of pyridine rings is 1. The van der Waals surface area contributed by atoms with Crippen molar-refractivity contribution in [3.63, 3.8) is 0 Å². The van der Waals surface area contributed by atoms with E-state index in [1.165, 1.54) is 18.2 Å². The van der Waals surface area contributed by atoms with E-state index in [2.05, 4.69) is 10.3 Å². The lowest BCUT2D eigenvalue weighted by Gasteiger charge is -2.08. The summed E-state index contributed by atoms with van der Waals surface area (Å²) in [6.07, 6.45) is 2.24. The standard InChI is InChI=1S/C25H20N2O6/c1-2-31-25(30)27-19-9-11-20-17(13-24(29)33-22(20)14-19)15-32-23(28)12-10-18-8-7-16-5-3-4-6-21(16)26-18/h3-14H,2,15H2,1H3,(H,27,30)/b12-10+. The number of amides is 1. The molecule has 33 heavy (non-hydrogen) atoms. The first-order valence-electron chi connectivity index (χ1n) is 10.2. The maximum atomic E-state index is 12.2. The third-order valence-electron chi connectivity index (χ3n) is 4.73. The van der Waals surface area contributed by atoms with Crippen LogP contribution in [0, 0.1) is 0 Å². The molecule has 166 valence electrons. The monoisotopic (exact) mass is 444 g/mol. The molecule has 8 heteroatoms. The Morgan fingerprint density at radius 1 is 1.06 bits per heavy atom. The maximum absolute atomic E-state index is 12.2. The number of aromatic nitrogens is 1. The van der Waals surface area contributed by atoms with Crippen LogP contribution in [-0.4, -0.2) is 23.7 Å². The lowest BCUT2D eigenvalue weighted by molar-refractivity contribution is -0.138. The van der Waals surface area contributed by atoms with Gasteiger partial charge in [0.05, 0.1) is 17.8 Å². The summed E-state index contributed by atoms with van der Waals surface area (Å²) in [5.41, 5.74) is 1.99. The van der Waals surface area contributed by atoms with Gasteiger partial charge in [-0.15, -0.1) is 0 Å². The van der Waals surface area contributed by atoms with Crippen LogP contribution in [0.5, 0.6) is 0 Å². The minimum absolute atomic E-state index is 0.124. The summed E-state index contributed by atoms with van der Waals surface area (Å²) in [5.74, 6) is -0.577. The molecular weight excluding hydrogens is 424 g/mol. The first-order chi connectivity index (χ1) is 16.0. The van der Waals surface area contributed by atoms with Gasteiger partial charge in [0.25, 0.3) is 0 Å². The third kappa shape index (κ3) is 5.43. The molecule has 4 aromatic rings. The highest BCUT2D eigenvalue weighted by molar-refractivity contribution is 5.90. The average Bonchev–Trinajstić information content (AvgIpc) is 2.81. The van der Waals surface area contributed by atoms with Crippen molar-refractivity contribution in [2.75, 3.05) is 11.9 Å². The number of fused-ring (bicyclic) bond motifs is 2. The summed E-state index contributed by atoms with van der Waals surface area (Å²) < 4.78 is 15.4. The molecule has 8 nitrogen and oxygen atoms in total. The Kier molecular flexibility index (Phi) is 6.45. The van der Waals surface area contributed by atoms with E-state index in [4.69, 9.17) is 13.9 Å². The van der Waals surface area contributed by atoms with Gasteiger partial charge < -0.3 is 13.9 Å². The molecule has 2 heterocycles. The van der Waals surface area contributed by atoms with Crippen molar-refractivity contribution in [1.82, 2.24) is 4.98 Å². The van der Waals surface area contributed by atoms with E-state index in [1.54, 1.807) is 25.1 Å². The molecular formula is C25H20N2O6. The molecule has 1 N–H and O–H groups in total. The fraction of sp³-hybridized carbons (Fsp3) is 0.120. The number of hydrogen-bond donors (Lipinski definition) is 1. The summed E-state index contributed by atoms with van der Waals surface area (Å²) in [5, 5.41) is 4.13. The van der Waals surface area contributed by atoms with E-state index in [9.17, 15) is 14.4 Å². The van der Waals surface area contributed by atoms with E-state index in [0.29, 0.717) is 22.3 Å². The summed E-state index contributed by atoms with van der Waals surface area (Å²) >= 11 is 0. The second kappa shape index (κ2) is 9.78. The van der Waals surface area contributed by atoms with Gasteiger partial charge in [-0.1, -0.05) is 24.3 Å². The number of carbonyl (C=O) groups excluding carboxylic acids is 2. The Morgan fingerprint density at radius 3 is 2.76 bits per heavy atom. The Bertz CT molecular complexity index is 1420. The Balaban J connectivity index is 1.46. The number of rotatable bonds is 6. The predicted molar refractivity (Wildman–Crippen MR) is 124 cm³/mol. The molecule has 0 fully saturated rings. The van der Waals surface area contributed by atoms with Crippen molar-refractivity contribution in [1.29, 1.82) is 0 Å². The molecule has 4 rings (SSSR count). The molecule has 0 unspecified atom stereocenters. The number of anilines is 1. The van der Waals surface area contributed by atoms with Crippen LogP contribution in [-0.2, 0) is 20.9 Å². The second-order valence-corrected chi connectivity index (χ2v) is 7.02. The van der Waals surface area contributed by atoms with E-state index < -0.39 is 17.7 Å². The molecule has 0 aliphatic carbocycles. The fourth-order valence-corrected chi connectivity index (χ4v) is 3.24. The molecule has 0 bridgehead atoms. The van der Waals surface area contributed by atoms with Gasteiger partial charge in [0, 0.05) is 40.2 Å². The van der Waals surface area contributed by atoms with E-state index in [0.717, 1.165) is 10.9 Å². The number of esters is 1. The molecule has 0 aliphatic rings. The third-order valence-corrected chi connectivity index (χ3v) is 4.73. The molecule has 2 aromatic carbocycles. The summed E-state index contributed by atoms with van der Waals surface area (Å²) in [7, 11) is 0. The lowest BCUT2D eigenvalue weighted by atomic mass is 10.1. The smallest absolute Gasteiger partial charge is 0.411 e. The SMILES string of the molecule is CCOC(=O)Nc1ccc2c(COC(=O)/C=C/c3ccc4ccccc4n3)cc(=O)oc2c1. The molecule has 0 aliphatic heterocycles. The van der Waals surface area contributed by atoms with Gasteiger partial charge in [-0.3, -0.25) is 5.32 Å². The van der Waals surface area contributed by atoms with Crippen molar-refractivity contribution < 1.29 is 23.5 Å². The minimum atomic E-state index is -0.614. The number of benzene rings is 2. The normalized spacial score (nSPS) is 11.1. The highest BCUT2D eigenvalue weighted by atomic mass is 16.5. The quantitative estimate of drug-likeness (QED) is 0.262. The molecule has 0 atom stereocenters. The average molecular weight is 444 g/mol. The van der Waals surface area contributed by atoms with Crippen LogP contribution in [0.2, 0.25) is 0 Å². The van der Waals surface area contributed by atoms with Crippen LogP contribution < -0.4 is 10.9 Å². The van der Waals surface area contributed by atoms with Crippen molar-refractivity contribution in [2.45, 2.75) is 13.5 Å². The van der Waals surface area contributed by atoms with Crippen molar-refractivity contribution in [3.8, 4) is 0 Å². The van der Waals surface area contributed by atoms with Gasteiger partial charge in [0.1, 0.15) is 12.2 Å². The van der Waals surface area contributed by atoms with Gasteiger partial charge in [0.2, 0.25) is 0 Å². The lowest BCUT2D eigenvalue weighted by Crippen LogP contribution is -2.13. The summed E-state index contributed by atoms with van der Waals surface area (Å²) in [6.45, 7) is 1.80. The predicted octanol–water partition coefficient (Wildman–Crippen LogP) is 4.67. The Morgan fingerprint density at radius 2 is 1.91 bits per heavy atom. The van der Waals surface area contributed by atoms with Crippen LogP contribution in [0.15, 0.2) is 76.0 Å². The second-order valence-electron chi connectivity index (χ2n) is 7.02. The topological polar surface area (TPSA) is 108 Å². The van der Waals surface area contributed by atoms with Gasteiger partial charge in [-0.2, -0.15) is 0 Å². The number of hydrogen-bond acceptors (Lipinski definition) is 7. The first-order valence-corrected chi connectivity index (χ1v) is 10.2. The van der Waals surface area contributed by atoms with E-state index in [1.807, 2.05) is 36.4 Å². The van der Waals surface area contributed by atoms with Crippen LogP contribution in [0.4, 0.5) is 10.5 Å². The van der Waals surface area contributed by atoms with Crippen LogP contribution in [0.25, 0.3) is 27.9 Å². The molecule has 2 aromatic heterocycles. The number of nitrogens with one attached hydrogen (secondary N) is 1. The summed E-state index contributed by atoms with van der Waals surface area (Å²) in [6, 6.07) is 17.5. The van der Waals surface area contributed by atoms with Gasteiger partial charge in [-0.25, -0.2) is 19.4 Å². The zero-order chi connectivity index (χ0) is 23.2. The Hall–Kier alpha value is -4.46. The van der Waals surface area contributed by atoms with Crippen LogP contribution in [0.1, 0.15) is 18.2 Å². The largest absolute Gasteiger partial charge is 0.458 e. The number of carbonyl (C=O) groups is 2. The number of nitrogens with zero attached hydrogens (tertiary/aromatic N) is 1. The van der Waals surface area contributed by atoms with Gasteiger partial charge in [-0.05, 0) is 37.3 Å². The first kappa shape index (κ1) is 21.8. The van der Waals surface area contributed by atoms with E-state index >= 15 is 0 Å². The highest BCUT2D eigenvalue weighted by Gasteiger charge is 2.10. The van der Waals surface area contributed by atoms with E-state index in [-0.39, 0.29) is 18.8 Å². The fourth-order valence-electron chi connectivity index (χ4n) is 3.24. The number of para-hydroxylation sites is 1. The van der Waals surface area contributed by atoms with Gasteiger partial charge >= 0.3 is 17.7 Å². The highest BCUT2D eigenvalue weighted by Crippen LogP contribution is 2.22. The maximum Gasteiger partial charge on any atom is 0.411 e. The summed E-state index contributed by atoms with van der Waals surface area (Å²) in [4.78, 5) is 40.2. The van der Waals surface area contributed by atoms with Gasteiger partial charge in [0.15, 0.2) is 0 Å². The Labute approximate surface area is 188 Å². The van der Waals surface area contributed by atoms with Crippen LogP contribution in [0.3, 0.4) is 0 Å². The van der Waals surface area contributed by atoms with Crippen LogP contribution >= 0.6 is 0 Å². The van der Waals surface area contributed by atoms with Crippen molar-refractivity contribution in [3.05, 3.63) is 88.4 Å². The molecule has 0 saturated carbocycles.